The van der Waals surface area contributed by atoms with Crippen LogP contribution in [0.4, 0.5) is 4.39 Å². The van der Waals surface area contributed by atoms with Gasteiger partial charge in [-0.2, -0.15) is 0 Å². The summed E-state index contributed by atoms with van der Waals surface area (Å²) in [5.41, 5.74) is 2.60. The van der Waals surface area contributed by atoms with E-state index in [9.17, 15) is 4.39 Å². The Kier molecular flexibility index (Phi) is 3.66. The van der Waals surface area contributed by atoms with Gasteiger partial charge in [-0.25, -0.2) is 14.4 Å². The van der Waals surface area contributed by atoms with Gasteiger partial charge in [0.1, 0.15) is 17.5 Å². The molecule has 0 unspecified atom stereocenters. The van der Waals surface area contributed by atoms with Crippen LogP contribution in [0.25, 0.3) is 39.0 Å². The Morgan fingerprint density at radius 2 is 1.74 bits per heavy atom. The molecule has 0 bridgehead atoms. The first-order valence-electron chi connectivity index (χ1n) is 8.49. The number of rotatable bonds is 2. The minimum absolute atomic E-state index is 0.377. The highest BCUT2D eigenvalue weighted by molar-refractivity contribution is 6.31. The van der Waals surface area contributed by atoms with Gasteiger partial charge in [-0.1, -0.05) is 54.1 Å². The van der Waals surface area contributed by atoms with E-state index in [1.165, 1.54) is 12.3 Å². The average molecular weight is 374 g/mol. The van der Waals surface area contributed by atoms with Crippen LogP contribution in [0, 0.1) is 5.82 Å². The molecule has 0 aliphatic rings. The molecule has 3 nitrogen and oxygen atoms in total. The maximum atomic E-state index is 13.4. The largest absolute Gasteiger partial charge is 0.276 e. The van der Waals surface area contributed by atoms with E-state index in [2.05, 4.69) is 23.2 Å². The lowest BCUT2D eigenvalue weighted by Crippen LogP contribution is -2.00. The van der Waals surface area contributed by atoms with Crippen LogP contribution in [0.5, 0.6) is 0 Å². The molecule has 0 saturated carbocycles. The number of pyridine rings is 1. The molecule has 2 aromatic heterocycles. The fourth-order valence-corrected chi connectivity index (χ4v) is 3.55. The lowest BCUT2D eigenvalue weighted by Gasteiger charge is -2.10. The SMILES string of the molecule is Fc1ccc(-n2c(-c3cccc4ccccc34)nc3cc(Cl)ccc32)nc1. The summed E-state index contributed by atoms with van der Waals surface area (Å²) < 4.78 is 15.4. The summed E-state index contributed by atoms with van der Waals surface area (Å²) >= 11 is 6.17. The van der Waals surface area contributed by atoms with Crippen LogP contribution < -0.4 is 0 Å². The highest BCUT2D eigenvalue weighted by Gasteiger charge is 2.17. The second kappa shape index (κ2) is 6.18. The summed E-state index contributed by atoms with van der Waals surface area (Å²) in [6.45, 7) is 0. The predicted molar refractivity (Wildman–Crippen MR) is 107 cm³/mol. The smallest absolute Gasteiger partial charge is 0.147 e. The van der Waals surface area contributed by atoms with E-state index in [0.717, 1.165) is 33.2 Å². The number of halogens is 2. The summed E-state index contributed by atoms with van der Waals surface area (Å²) in [5, 5.41) is 2.83. The van der Waals surface area contributed by atoms with Crippen molar-refractivity contribution >= 4 is 33.4 Å². The zero-order valence-corrected chi connectivity index (χ0v) is 14.9. The minimum atomic E-state index is -0.377. The quantitative estimate of drug-likeness (QED) is 0.378. The molecular weight excluding hydrogens is 361 g/mol. The van der Waals surface area contributed by atoms with E-state index in [0.29, 0.717) is 10.8 Å². The average Bonchev–Trinajstić information content (AvgIpc) is 3.06. The monoisotopic (exact) mass is 373 g/mol. The van der Waals surface area contributed by atoms with Gasteiger partial charge in [0.05, 0.1) is 17.2 Å². The normalized spacial score (nSPS) is 11.3. The summed E-state index contributed by atoms with van der Waals surface area (Å²) in [7, 11) is 0. The van der Waals surface area contributed by atoms with Gasteiger partial charge >= 0.3 is 0 Å². The first-order valence-corrected chi connectivity index (χ1v) is 8.86. The zero-order chi connectivity index (χ0) is 18.4. The van der Waals surface area contributed by atoms with Gasteiger partial charge < -0.3 is 0 Å². The van der Waals surface area contributed by atoms with Crippen molar-refractivity contribution in [2.24, 2.45) is 0 Å². The second-order valence-electron chi connectivity index (χ2n) is 6.27. The van der Waals surface area contributed by atoms with Crippen molar-refractivity contribution in [1.82, 2.24) is 14.5 Å². The number of imidazole rings is 1. The maximum Gasteiger partial charge on any atom is 0.147 e. The molecule has 5 heteroatoms. The van der Waals surface area contributed by atoms with Crippen LogP contribution in [0.1, 0.15) is 0 Å². The Hall–Kier alpha value is -3.24. The maximum absolute atomic E-state index is 13.4. The van der Waals surface area contributed by atoms with Crippen LogP contribution in [0.3, 0.4) is 0 Å². The van der Waals surface area contributed by atoms with Crippen molar-refractivity contribution < 1.29 is 4.39 Å². The molecule has 0 fully saturated rings. The van der Waals surface area contributed by atoms with E-state index in [-0.39, 0.29) is 5.82 Å². The standard InChI is InChI=1S/C22H13ClFN3/c23-15-8-10-20-19(12-15)26-22(27(20)21-11-9-16(24)13-25-21)18-7-3-5-14-4-1-2-6-17(14)18/h1-13H. The first kappa shape index (κ1) is 16.0. The Labute approximate surface area is 159 Å². The summed E-state index contributed by atoms with van der Waals surface area (Å²) in [4.78, 5) is 9.11. The Balaban J connectivity index is 1.89. The molecule has 3 aromatic carbocycles. The van der Waals surface area contributed by atoms with Crippen molar-refractivity contribution in [2.75, 3.05) is 0 Å². The molecule has 0 aliphatic heterocycles. The molecular formula is C22H13ClFN3. The van der Waals surface area contributed by atoms with Crippen molar-refractivity contribution in [3.05, 3.63) is 89.8 Å². The van der Waals surface area contributed by atoms with Crippen LogP contribution >= 0.6 is 11.6 Å². The van der Waals surface area contributed by atoms with Crippen molar-refractivity contribution in [3.8, 4) is 17.2 Å². The molecule has 5 aromatic rings. The number of benzene rings is 3. The highest BCUT2D eigenvalue weighted by Crippen LogP contribution is 2.33. The number of nitrogens with zero attached hydrogens (tertiary/aromatic N) is 3. The van der Waals surface area contributed by atoms with E-state index in [1.54, 1.807) is 6.07 Å². The van der Waals surface area contributed by atoms with Crippen LogP contribution in [0.15, 0.2) is 79.0 Å². The van der Waals surface area contributed by atoms with Crippen molar-refractivity contribution in [3.63, 3.8) is 0 Å². The predicted octanol–water partition coefficient (Wildman–Crippen LogP) is 6.03. The molecule has 130 valence electrons. The molecule has 0 atom stereocenters. The Morgan fingerprint density at radius 1 is 0.889 bits per heavy atom. The van der Waals surface area contributed by atoms with Crippen LogP contribution in [-0.2, 0) is 0 Å². The number of hydrogen-bond acceptors (Lipinski definition) is 2. The molecule has 0 spiro atoms. The van der Waals surface area contributed by atoms with E-state index < -0.39 is 0 Å². The molecule has 0 saturated heterocycles. The third-order valence-corrected chi connectivity index (χ3v) is 4.82. The van der Waals surface area contributed by atoms with Crippen molar-refractivity contribution in [1.29, 1.82) is 0 Å². The van der Waals surface area contributed by atoms with E-state index >= 15 is 0 Å². The first-order chi connectivity index (χ1) is 13.2. The molecule has 0 radical (unpaired) electrons. The number of aromatic nitrogens is 3. The molecule has 2 heterocycles. The van der Waals surface area contributed by atoms with E-state index in [1.807, 2.05) is 47.0 Å². The van der Waals surface area contributed by atoms with Gasteiger partial charge in [-0.3, -0.25) is 4.57 Å². The van der Waals surface area contributed by atoms with E-state index in [4.69, 9.17) is 16.6 Å². The van der Waals surface area contributed by atoms with Gasteiger partial charge in [0.2, 0.25) is 0 Å². The highest BCUT2D eigenvalue weighted by atomic mass is 35.5. The molecule has 5 rings (SSSR count). The molecule has 0 aliphatic carbocycles. The zero-order valence-electron chi connectivity index (χ0n) is 14.1. The lowest BCUT2D eigenvalue weighted by molar-refractivity contribution is 0.620. The van der Waals surface area contributed by atoms with Gasteiger partial charge in [0.15, 0.2) is 0 Å². The number of hydrogen-bond donors (Lipinski definition) is 0. The Bertz CT molecular complexity index is 1290. The van der Waals surface area contributed by atoms with Crippen molar-refractivity contribution in [2.45, 2.75) is 0 Å². The Morgan fingerprint density at radius 3 is 2.59 bits per heavy atom. The molecule has 27 heavy (non-hydrogen) atoms. The number of fused-ring (bicyclic) bond motifs is 2. The van der Waals surface area contributed by atoms with Gasteiger partial charge in [-0.15, -0.1) is 0 Å². The topological polar surface area (TPSA) is 30.7 Å². The lowest BCUT2D eigenvalue weighted by atomic mass is 10.0. The van der Waals surface area contributed by atoms with Gasteiger partial charge in [-0.05, 0) is 41.1 Å². The van der Waals surface area contributed by atoms with Gasteiger partial charge in [0, 0.05) is 10.6 Å². The fourth-order valence-electron chi connectivity index (χ4n) is 3.39. The summed E-state index contributed by atoms with van der Waals surface area (Å²) in [5.74, 6) is 0.963. The summed E-state index contributed by atoms with van der Waals surface area (Å²) in [6, 6.07) is 22.9. The third-order valence-electron chi connectivity index (χ3n) is 4.59. The second-order valence-corrected chi connectivity index (χ2v) is 6.70. The van der Waals surface area contributed by atoms with Crippen LogP contribution in [-0.4, -0.2) is 14.5 Å². The van der Waals surface area contributed by atoms with Gasteiger partial charge in [0.25, 0.3) is 0 Å². The molecule has 0 N–H and O–H groups in total. The third kappa shape index (κ3) is 2.66. The van der Waals surface area contributed by atoms with Crippen LogP contribution in [0.2, 0.25) is 5.02 Å². The fraction of sp³-hybridized carbons (Fsp3) is 0. The minimum Gasteiger partial charge on any atom is -0.276 e. The molecule has 0 amide bonds. The summed E-state index contributed by atoms with van der Waals surface area (Å²) in [6.07, 6.45) is 1.21.